The number of carbonyl (C=O) groups excluding carboxylic acids is 1. The van der Waals surface area contributed by atoms with E-state index in [-0.39, 0.29) is 23.9 Å². The zero-order valence-corrected chi connectivity index (χ0v) is 18.6. The second-order valence-corrected chi connectivity index (χ2v) is 9.61. The number of nitrogens with zero attached hydrogens (tertiary/aromatic N) is 2. The van der Waals surface area contributed by atoms with Crippen molar-refractivity contribution in [2.24, 2.45) is 11.7 Å². The van der Waals surface area contributed by atoms with Crippen LogP contribution in [0.5, 0.6) is 5.75 Å². The fourth-order valence-electron chi connectivity index (χ4n) is 4.43. The number of rotatable bonds is 4. The highest BCUT2D eigenvalue weighted by atomic mass is 32.1. The predicted octanol–water partition coefficient (Wildman–Crippen LogP) is 2.65. The number of nitrogens with two attached hydrogens (primary N) is 2. The van der Waals surface area contributed by atoms with Crippen LogP contribution >= 0.6 is 11.3 Å². The van der Waals surface area contributed by atoms with E-state index in [2.05, 4.69) is 15.2 Å². The van der Waals surface area contributed by atoms with E-state index in [4.69, 9.17) is 16.2 Å². The molecule has 168 valence electrons. The minimum Gasteiger partial charge on any atom is -0.491 e. The molecule has 4 heterocycles. The van der Waals surface area contributed by atoms with Gasteiger partial charge in [0.15, 0.2) is 0 Å². The molecule has 2 aliphatic heterocycles. The Kier molecular flexibility index (Phi) is 5.38. The quantitative estimate of drug-likeness (QED) is 0.559. The number of aryl methyl sites for hydroxylation is 1. The van der Waals surface area contributed by atoms with Crippen molar-refractivity contribution in [3.63, 3.8) is 0 Å². The number of thiophene rings is 1. The number of pyridine rings is 1. The molecule has 0 spiro atoms. The number of hydrogen-bond acceptors (Lipinski definition) is 7. The lowest BCUT2D eigenvalue weighted by Crippen LogP contribution is -2.42. The molecule has 3 aromatic rings. The maximum Gasteiger partial charge on any atom is 0.263 e. The number of nitrogen functional groups attached to an aromatic ring is 1. The molecule has 1 aromatic carbocycles. The Morgan fingerprint density at radius 3 is 2.97 bits per heavy atom. The van der Waals surface area contributed by atoms with Gasteiger partial charge in [-0.15, -0.1) is 11.3 Å². The molecule has 32 heavy (non-hydrogen) atoms. The first-order valence-electron chi connectivity index (χ1n) is 10.7. The molecule has 0 aliphatic carbocycles. The van der Waals surface area contributed by atoms with Gasteiger partial charge in [-0.2, -0.15) is 0 Å². The molecule has 5 rings (SSSR count). The van der Waals surface area contributed by atoms with Crippen molar-refractivity contribution in [1.82, 2.24) is 10.3 Å². The van der Waals surface area contributed by atoms with E-state index in [1.54, 1.807) is 0 Å². The lowest BCUT2D eigenvalue weighted by Gasteiger charge is -2.28. The number of benzene rings is 1. The molecule has 0 radical (unpaired) electrons. The Hall–Kier alpha value is -2.91. The van der Waals surface area contributed by atoms with Crippen molar-refractivity contribution < 1.29 is 13.9 Å². The maximum atomic E-state index is 13.1. The van der Waals surface area contributed by atoms with Crippen molar-refractivity contribution in [2.75, 3.05) is 37.0 Å². The van der Waals surface area contributed by atoms with Crippen molar-refractivity contribution in [1.29, 1.82) is 0 Å². The van der Waals surface area contributed by atoms with Gasteiger partial charge in [-0.3, -0.25) is 9.18 Å². The monoisotopic (exact) mass is 455 g/mol. The summed E-state index contributed by atoms with van der Waals surface area (Å²) < 4.78 is 19.1. The number of ether oxygens (including phenoxy) is 1. The molecule has 2 aliphatic rings. The number of fused-ring (bicyclic) bond motifs is 2. The van der Waals surface area contributed by atoms with Crippen LogP contribution in [0.4, 0.5) is 15.8 Å². The second-order valence-electron chi connectivity index (χ2n) is 8.61. The standard InChI is InChI=1S/C23H26FN5O2S/c1-12-2-5-17-20(26)21(32-23(17)27-12)22(30)28-15-6-13-3-4-16(7-19(13)31-11-15)29-9-14(8-24)18(25)10-29/h2-5,7,14-15,18H,6,8-11,25-26H2,1H3,(H,28,30)/t14-,15+,18+/m0/s1. The average molecular weight is 456 g/mol. The molecule has 9 heteroatoms. The number of alkyl halides is 1. The van der Waals surface area contributed by atoms with E-state index in [0.717, 1.165) is 32.9 Å². The second kappa shape index (κ2) is 8.22. The third kappa shape index (κ3) is 3.75. The molecule has 0 unspecified atom stereocenters. The van der Waals surface area contributed by atoms with Crippen LogP contribution in [0.2, 0.25) is 0 Å². The van der Waals surface area contributed by atoms with Crippen LogP contribution in [0.3, 0.4) is 0 Å². The van der Waals surface area contributed by atoms with E-state index in [1.165, 1.54) is 11.3 Å². The van der Waals surface area contributed by atoms with Gasteiger partial charge in [-0.25, -0.2) is 4.98 Å². The predicted molar refractivity (Wildman–Crippen MR) is 125 cm³/mol. The molecule has 1 amide bonds. The smallest absolute Gasteiger partial charge is 0.263 e. The minimum absolute atomic E-state index is 0.132. The van der Waals surface area contributed by atoms with Crippen LogP contribution in [-0.2, 0) is 6.42 Å². The summed E-state index contributed by atoms with van der Waals surface area (Å²) in [6.45, 7) is 3.13. The first kappa shape index (κ1) is 21.0. The van der Waals surface area contributed by atoms with Gasteiger partial charge in [-0.1, -0.05) is 6.07 Å². The lowest BCUT2D eigenvalue weighted by molar-refractivity contribution is 0.0920. The van der Waals surface area contributed by atoms with Crippen molar-refractivity contribution in [3.05, 3.63) is 46.5 Å². The Morgan fingerprint density at radius 1 is 1.34 bits per heavy atom. The normalized spacial score (nSPS) is 22.6. The number of carbonyl (C=O) groups is 1. The summed E-state index contributed by atoms with van der Waals surface area (Å²) in [7, 11) is 0. The van der Waals surface area contributed by atoms with Gasteiger partial charge in [0.1, 0.15) is 22.1 Å². The summed E-state index contributed by atoms with van der Waals surface area (Å²) in [4.78, 5) is 20.7. The number of amides is 1. The summed E-state index contributed by atoms with van der Waals surface area (Å²) in [5.74, 6) is 0.457. The van der Waals surface area contributed by atoms with E-state index in [0.29, 0.717) is 36.7 Å². The van der Waals surface area contributed by atoms with Gasteiger partial charge in [0.25, 0.3) is 5.91 Å². The summed E-state index contributed by atoms with van der Waals surface area (Å²) in [5, 5.41) is 3.86. The summed E-state index contributed by atoms with van der Waals surface area (Å²) >= 11 is 1.31. The molecule has 1 fully saturated rings. The highest BCUT2D eigenvalue weighted by Gasteiger charge is 2.31. The maximum absolute atomic E-state index is 13.1. The van der Waals surface area contributed by atoms with Gasteiger partial charge in [-0.05, 0) is 37.1 Å². The first-order valence-corrected chi connectivity index (χ1v) is 11.5. The molecule has 0 saturated carbocycles. The average Bonchev–Trinajstić information content (AvgIpc) is 3.32. The first-order chi connectivity index (χ1) is 15.4. The Labute approximate surface area is 189 Å². The Balaban J connectivity index is 1.28. The van der Waals surface area contributed by atoms with Gasteiger partial charge in [0.2, 0.25) is 0 Å². The topological polar surface area (TPSA) is 106 Å². The number of hydrogen-bond donors (Lipinski definition) is 3. The highest BCUT2D eigenvalue weighted by Crippen LogP contribution is 2.34. The van der Waals surface area contributed by atoms with Crippen LogP contribution in [0.1, 0.15) is 20.9 Å². The van der Waals surface area contributed by atoms with E-state index in [9.17, 15) is 9.18 Å². The molecule has 2 aromatic heterocycles. The van der Waals surface area contributed by atoms with Gasteiger partial charge in [0.05, 0.1) is 18.4 Å². The van der Waals surface area contributed by atoms with E-state index >= 15 is 0 Å². The summed E-state index contributed by atoms with van der Waals surface area (Å²) in [6, 6.07) is 9.49. The molecule has 5 N–H and O–H groups in total. The van der Waals surface area contributed by atoms with Crippen LogP contribution in [0, 0.1) is 12.8 Å². The summed E-state index contributed by atoms with van der Waals surface area (Å²) in [6.07, 6.45) is 0.663. The fraction of sp³-hybridized carbons (Fsp3) is 0.391. The molecular weight excluding hydrogens is 429 g/mol. The summed E-state index contributed by atoms with van der Waals surface area (Å²) in [5.41, 5.74) is 15.6. The van der Waals surface area contributed by atoms with Crippen LogP contribution < -0.4 is 26.4 Å². The Bertz CT molecular complexity index is 1180. The molecular formula is C23H26FN5O2S. The van der Waals surface area contributed by atoms with Gasteiger partial charge in [0, 0.05) is 47.9 Å². The van der Waals surface area contributed by atoms with Crippen LogP contribution in [0.15, 0.2) is 30.3 Å². The van der Waals surface area contributed by atoms with Crippen molar-refractivity contribution in [2.45, 2.75) is 25.4 Å². The van der Waals surface area contributed by atoms with Gasteiger partial charge < -0.3 is 26.4 Å². The highest BCUT2D eigenvalue weighted by molar-refractivity contribution is 7.21. The largest absolute Gasteiger partial charge is 0.491 e. The molecule has 0 bridgehead atoms. The van der Waals surface area contributed by atoms with E-state index < -0.39 is 6.67 Å². The number of anilines is 2. The fourth-order valence-corrected chi connectivity index (χ4v) is 5.47. The van der Waals surface area contributed by atoms with Crippen LogP contribution in [-0.4, -0.2) is 49.3 Å². The SMILES string of the molecule is Cc1ccc2c(N)c(C(=O)N[C@H]3COc4cc(N5C[C@H](CF)[C@H](N)C5)ccc4C3)sc2n1. The third-order valence-corrected chi connectivity index (χ3v) is 7.40. The number of nitrogens with one attached hydrogen (secondary N) is 1. The lowest BCUT2D eigenvalue weighted by atomic mass is 10.0. The number of aromatic nitrogens is 1. The number of halogens is 1. The molecule has 3 atom stereocenters. The minimum atomic E-state index is -0.402. The van der Waals surface area contributed by atoms with E-state index in [1.807, 2.05) is 37.3 Å². The zero-order valence-electron chi connectivity index (χ0n) is 17.8. The zero-order chi connectivity index (χ0) is 22.4. The van der Waals surface area contributed by atoms with Crippen molar-refractivity contribution >= 4 is 38.8 Å². The Morgan fingerprint density at radius 2 is 2.19 bits per heavy atom. The molecule has 7 nitrogen and oxygen atoms in total. The van der Waals surface area contributed by atoms with Crippen molar-refractivity contribution in [3.8, 4) is 5.75 Å². The van der Waals surface area contributed by atoms with Gasteiger partial charge >= 0.3 is 0 Å². The third-order valence-electron chi connectivity index (χ3n) is 6.29. The van der Waals surface area contributed by atoms with Crippen LogP contribution in [0.25, 0.3) is 10.2 Å². The molecule has 1 saturated heterocycles.